The van der Waals surface area contributed by atoms with E-state index in [1.165, 1.54) is 4.31 Å². The van der Waals surface area contributed by atoms with Gasteiger partial charge in [0.25, 0.3) is 0 Å². The molecule has 1 N–H and O–H groups in total. The van der Waals surface area contributed by atoms with Gasteiger partial charge in [-0.25, -0.2) is 8.42 Å². The third-order valence-electron chi connectivity index (χ3n) is 7.53. The molecule has 0 unspecified atom stereocenters. The van der Waals surface area contributed by atoms with Crippen molar-refractivity contribution in [2.75, 3.05) is 17.1 Å². The molecular formula is C33H42ClN3O4S. The van der Waals surface area contributed by atoms with Crippen LogP contribution in [-0.2, 0) is 32.6 Å². The Kier molecular flexibility index (Phi) is 12.0. The van der Waals surface area contributed by atoms with Gasteiger partial charge in [-0.05, 0) is 68.0 Å². The first-order valence-electron chi connectivity index (χ1n) is 14.3. The fourth-order valence-corrected chi connectivity index (χ4v) is 6.00. The average Bonchev–Trinajstić information content (AvgIpc) is 2.95. The molecule has 2 amide bonds. The van der Waals surface area contributed by atoms with Crippen LogP contribution < -0.4 is 9.62 Å². The molecule has 0 aliphatic rings. The normalized spacial score (nSPS) is 12.8. The first-order valence-corrected chi connectivity index (χ1v) is 16.6. The second-order valence-electron chi connectivity index (χ2n) is 10.8. The summed E-state index contributed by atoms with van der Waals surface area (Å²) in [6.07, 6.45) is 2.61. The Balaban J connectivity index is 1.92. The van der Waals surface area contributed by atoms with Gasteiger partial charge in [-0.2, -0.15) is 0 Å². The van der Waals surface area contributed by atoms with Gasteiger partial charge in [-0.1, -0.05) is 79.2 Å². The van der Waals surface area contributed by atoms with E-state index in [1.54, 1.807) is 30.0 Å². The molecule has 3 aromatic carbocycles. The summed E-state index contributed by atoms with van der Waals surface area (Å²) in [5.41, 5.74) is 4.07. The molecule has 226 valence electrons. The van der Waals surface area contributed by atoms with Gasteiger partial charge in [0, 0.05) is 37.0 Å². The van der Waals surface area contributed by atoms with Crippen molar-refractivity contribution >= 4 is 39.1 Å². The summed E-state index contributed by atoms with van der Waals surface area (Å²) in [7, 11) is -3.63. The molecular weight excluding hydrogens is 570 g/mol. The number of nitrogens with zero attached hydrogens (tertiary/aromatic N) is 2. The number of amides is 2. The van der Waals surface area contributed by atoms with E-state index in [1.807, 2.05) is 75.4 Å². The molecule has 0 fully saturated rings. The zero-order chi connectivity index (χ0) is 30.9. The van der Waals surface area contributed by atoms with Gasteiger partial charge < -0.3 is 10.2 Å². The number of hydrogen-bond donors (Lipinski definition) is 1. The molecule has 9 heteroatoms. The number of nitrogens with one attached hydrogen (secondary N) is 1. The number of hydrogen-bond acceptors (Lipinski definition) is 4. The predicted octanol–water partition coefficient (Wildman–Crippen LogP) is 6.06. The summed E-state index contributed by atoms with van der Waals surface area (Å²) in [6, 6.07) is 21.8. The summed E-state index contributed by atoms with van der Waals surface area (Å²) in [4.78, 5) is 29.4. The molecule has 0 aromatic heterocycles. The summed E-state index contributed by atoms with van der Waals surface area (Å²) in [6.45, 7) is 8.08. The zero-order valence-electron chi connectivity index (χ0n) is 25.1. The summed E-state index contributed by atoms with van der Waals surface area (Å²) >= 11 is 6.28. The number of rotatable bonds is 14. The highest BCUT2D eigenvalue weighted by molar-refractivity contribution is 7.92. The largest absolute Gasteiger partial charge is 0.352 e. The van der Waals surface area contributed by atoms with Gasteiger partial charge in [-0.3, -0.25) is 13.9 Å². The van der Waals surface area contributed by atoms with Crippen LogP contribution in [0.4, 0.5) is 5.69 Å². The van der Waals surface area contributed by atoms with Gasteiger partial charge in [0.15, 0.2) is 0 Å². The van der Waals surface area contributed by atoms with Crippen molar-refractivity contribution in [3.8, 4) is 0 Å². The van der Waals surface area contributed by atoms with Crippen molar-refractivity contribution in [1.29, 1.82) is 0 Å². The molecule has 0 spiro atoms. The average molecular weight is 612 g/mol. The highest BCUT2D eigenvalue weighted by atomic mass is 35.5. The summed E-state index contributed by atoms with van der Waals surface area (Å²) < 4.78 is 26.8. The standard InChI is InChI=1S/C33H42ClN3O4S/c1-6-25(3)35-33(39)31(22-27-15-8-7-9-16-27)36(23-28-17-11-10-14-24(28)2)32(38)20-13-21-37(42(5,40)41)30-19-12-18-29(34)26(30)4/h7-12,14-19,25,31H,6,13,20-23H2,1-5H3,(H,35,39)/t25-,31-/m1/s1. The number of carbonyl (C=O) groups is 2. The molecule has 0 saturated carbocycles. The molecule has 7 nitrogen and oxygen atoms in total. The fourth-order valence-electron chi connectivity index (χ4n) is 4.81. The molecule has 0 heterocycles. The lowest BCUT2D eigenvalue weighted by Crippen LogP contribution is -2.52. The Hall–Kier alpha value is -3.36. The summed E-state index contributed by atoms with van der Waals surface area (Å²) in [5, 5.41) is 3.55. The number of aryl methyl sites for hydroxylation is 1. The van der Waals surface area contributed by atoms with E-state index in [2.05, 4.69) is 5.32 Å². The van der Waals surface area contributed by atoms with Crippen LogP contribution >= 0.6 is 11.6 Å². The first-order chi connectivity index (χ1) is 19.9. The molecule has 0 bridgehead atoms. The number of anilines is 1. The van der Waals surface area contributed by atoms with Gasteiger partial charge in [0.2, 0.25) is 21.8 Å². The van der Waals surface area contributed by atoms with Crippen molar-refractivity contribution in [1.82, 2.24) is 10.2 Å². The molecule has 3 rings (SSSR count). The Morgan fingerprint density at radius 3 is 2.26 bits per heavy atom. The maximum atomic E-state index is 14.0. The third kappa shape index (κ3) is 9.07. The van der Waals surface area contributed by atoms with E-state index < -0.39 is 16.1 Å². The number of benzene rings is 3. The molecule has 0 aliphatic heterocycles. The minimum absolute atomic E-state index is 0.0459. The van der Waals surface area contributed by atoms with Gasteiger partial charge >= 0.3 is 0 Å². The number of halogens is 1. The van der Waals surface area contributed by atoms with E-state index in [0.29, 0.717) is 22.7 Å². The van der Waals surface area contributed by atoms with Crippen LogP contribution in [0.25, 0.3) is 0 Å². The second-order valence-corrected chi connectivity index (χ2v) is 13.1. The van der Waals surface area contributed by atoms with Crippen molar-refractivity contribution in [3.63, 3.8) is 0 Å². The molecule has 0 radical (unpaired) electrons. The van der Waals surface area contributed by atoms with Crippen molar-refractivity contribution in [2.45, 2.75) is 72.0 Å². The van der Waals surface area contributed by atoms with E-state index in [9.17, 15) is 18.0 Å². The fraction of sp³-hybridized carbons (Fsp3) is 0.394. The number of sulfonamides is 1. The lowest BCUT2D eigenvalue weighted by atomic mass is 10.0. The SMILES string of the molecule is CC[C@@H](C)NC(=O)[C@@H](Cc1ccccc1)N(Cc1ccccc1C)C(=O)CCCN(c1cccc(Cl)c1C)S(C)(=O)=O. The Bertz CT molecular complexity index is 1460. The lowest BCUT2D eigenvalue weighted by Gasteiger charge is -2.33. The predicted molar refractivity (Wildman–Crippen MR) is 171 cm³/mol. The van der Waals surface area contributed by atoms with Crippen LogP contribution in [0.3, 0.4) is 0 Å². The Labute approximate surface area is 255 Å². The smallest absolute Gasteiger partial charge is 0.243 e. The summed E-state index contributed by atoms with van der Waals surface area (Å²) in [5.74, 6) is -0.419. The van der Waals surface area contributed by atoms with Gasteiger partial charge in [0.1, 0.15) is 6.04 Å². The molecule has 42 heavy (non-hydrogen) atoms. The monoisotopic (exact) mass is 611 g/mol. The van der Waals surface area contributed by atoms with Crippen molar-refractivity contribution < 1.29 is 18.0 Å². The maximum absolute atomic E-state index is 14.0. The van der Waals surface area contributed by atoms with Crippen molar-refractivity contribution in [2.24, 2.45) is 0 Å². The van der Waals surface area contributed by atoms with Crippen LogP contribution in [0.5, 0.6) is 0 Å². The van der Waals surface area contributed by atoms with Gasteiger partial charge in [0.05, 0.1) is 11.9 Å². The first kappa shape index (κ1) is 33.1. The molecule has 3 aromatic rings. The zero-order valence-corrected chi connectivity index (χ0v) is 26.7. The Morgan fingerprint density at radius 2 is 1.62 bits per heavy atom. The van der Waals surface area contributed by atoms with E-state index in [0.717, 1.165) is 29.4 Å². The van der Waals surface area contributed by atoms with E-state index in [4.69, 9.17) is 11.6 Å². The quantitative estimate of drug-likeness (QED) is 0.240. The van der Waals surface area contributed by atoms with E-state index >= 15 is 0 Å². The van der Waals surface area contributed by atoms with Crippen LogP contribution in [0.1, 0.15) is 55.4 Å². The molecule has 2 atom stereocenters. The van der Waals surface area contributed by atoms with Crippen molar-refractivity contribution in [3.05, 3.63) is 100 Å². The highest BCUT2D eigenvalue weighted by Gasteiger charge is 2.31. The second kappa shape index (κ2) is 15.2. The highest BCUT2D eigenvalue weighted by Crippen LogP contribution is 2.28. The molecule has 0 aliphatic carbocycles. The van der Waals surface area contributed by atoms with E-state index in [-0.39, 0.29) is 43.8 Å². The van der Waals surface area contributed by atoms with Crippen LogP contribution in [0.2, 0.25) is 5.02 Å². The minimum Gasteiger partial charge on any atom is -0.352 e. The van der Waals surface area contributed by atoms with Crippen LogP contribution in [-0.4, -0.2) is 50.0 Å². The maximum Gasteiger partial charge on any atom is 0.243 e. The molecule has 0 saturated heterocycles. The Morgan fingerprint density at radius 1 is 0.952 bits per heavy atom. The lowest BCUT2D eigenvalue weighted by molar-refractivity contribution is -0.141. The van der Waals surface area contributed by atoms with Crippen LogP contribution in [0.15, 0.2) is 72.8 Å². The number of carbonyl (C=O) groups excluding carboxylic acids is 2. The van der Waals surface area contributed by atoms with Crippen LogP contribution in [0, 0.1) is 13.8 Å². The van der Waals surface area contributed by atoms with Gasteiger partial charge in [-0.15, -0.1) is 0 Å². The minimum atomic E-state index is -3.63. The topological polar surface area (TPSA) is 86.8 Å². The third-order valence-corrected chi connectivity index (χ3v) is 9.12.